The lowest BCUT2D eigenvalue weighted by Crippen LogP contribution is -2.55. The first kappa shape index (κ1) is 28.1. The molecule has 1 aliphatic carbocycles. The van der Waals surface area contributed by atoms with Crippen molar-refractivity contribution in [3.05, 3.63) is 22.2 Å². The van der Waals surface area contributed by atoms with E-state index in [1.807, 2.05) is 20.8 Å². The molecule has 2 aromatic heterocycles. The van der Waals surface area contributed by atoms with E-state index in [4.69, 9.17) is 16.3 Å². The van der Waals surface area contributed by atoms with Gasteiger partial charge < -0.3 is 15.0 Å². The zero-order valence-electron chi connectivity index (χ0n) is 21.4. The molecule has 1 amide bonds. The Bertz CT molecular complexity index is 1510. The van der Waals surface area contributed by atoms with Crippen molar-refractivity contribution in [1.82, 2.24) is 34.9 Å². The van der Waals surface area contributed by atoms with Crippen molar-refractivity contribution in [2.75, 3.05) is 26.2 Å². The molecule has 1 unspecified atom stereocenters. The molecule has 1 saturated heterocycles. The molecule has 0 radical (unpaired) electrons. The summed E-state index contributed by atoms with van der Waals surface area (Å²) in [6, 6.07) is 2.47. The van der Waals surface area contributed by atoms with Crippen LogP contribution in [0.5, 0.6) is 5.88 Å². The lowest BCUT2D eigenvalue weighted by Gasteiger charge is -2.34. The molecule has 3 aromatic rings. The number of piperazine rings is 1. The molecule has 1 atom stereocenters. The lowest BCUT2D eigenvalue weighted by atomic mass is 10.1. The van der Waals surface area contributed by atoms with E-state index in [9.17, 15) is 22.0 Å². The SMILES string of the molecule is CC(C)C(=O)N1CCNC(COc2nn(-c3nnc(C(F)F)s3)c3cc(S(=O)(=O)NC4(C)CC4)cc(Cl)c23)C1. The highest BCUT2D eigenvalue weighted by atomic mass is 35.5. The van der Waals surface area contributed by atoms with Crippen LogP contribution in [-0.2, 0) is 14.8 Å². The van der Waals surface area contributed by atoms with Crippen molar-refractivity contribution >= 4 is 49.8 Å². The Labute approximate surface area is 232 Å². The topological polar surface area (TPSA) is 131 Å². The first-order valence-electron chi connectivity index (χ1n) is 12.4. The van der Waals surface area contributed by atoms with Gasteiger partial charge in [-0.3, -0.25) is 4.79 Å². The van der Waals surface area contributed by atoms with E-state index in [0.29, 0.717) is 49.2 Å². The third-order valence-electron chi connectivity index (χ3n) is 6.65. The van der Waals surface area contributed by atoms with Gasteiger partial charge in [0.25, 0.3) is 6.43 Å². The normalized spacial score (nSPS) is 19.3. The number of amides is 1. The number of nitrogens with one attached hydrogen (secondary N) is 2. The number of halogens is 3. The number of nitrogens with zero attached hydrogens (tertiary/aromatic N) is 5. The Balaban J connectivity index is 1.50. The first-order chi connectivity index (χ1) is 18.4. The number of ether oxygens (including phenoxy) is 1. The molecule has 39 heavy (non-hydrogen) atoms. The van der Waals surface area contributed by atoms with Crippen molar-refractivity contribution < 1.29 is 26.7 Å². The monoisotopic (exact) mass is 603 g/mol. The van der Waals surface area contributed by atoms with Gasteiger partial charge in [0.2, 0.25) is 26.9 Å². The molecule has 3 heterocycles. The van der Waals surface area contributed by atoms with Gasteiger partial charge in [0.05, 0.1) is 26.9 Å². The summed E-state index contributed by atoms with van der Waals surface area (Å²) in [4.78, 5) is 14.1. The second-order valence-corrected chi connectivity index (χ2v) is 13.4. The van der Waals surface area contributed by atoms with Crippen LogP contribution in [0.2, 0.25) is 5.02 Å². The smallest absolute Gasteiger partial charge is 0.291 e. The number of hydrogen-bond acceptors (Lipinski definition) is 9. The number of carbonyl (C=O) groups excluding carboxylic acids is 1. The molecular weight excluding hydrogens is 576 g/mol. The number of hydrogen-bond donors (Lipinski definition) is 2. The fourth-order valence-corrected chi connectivity index (χ4v) is 6.83. The lowest BCUT2D eigenvalue weighted by molar-refractivity contribution is -0.135. The summed E-state index contributed by atoms with van der Waals surface area (Å²) in [7, 11) is -3.93. The Hall–Kier alpha value is -2.46. The second-order valence-electron chi connectivity index (χ2n) is 10.3. The largest absolute Gasteiger partial charge is 0.474 e. The number of rotatable bonds is 9. The number of alkyl halides is 2. The highest BCUT2D eigenvalue weighted by Gasteiger charge is 2.41. The second kappa shape index (κ2) is 10.5. The number of benzene rings is 1. The summed E-state index contributed by atoms with van der Waals surface area (Å²) in [6.07, 6.45) is -1.39. The molecule has 2 fully saturated rings. The van der Waals surface area contributed by atoms with Gasteiger partial charge in [-0.15, -0.1) is 15.3 Å². The van der Waals surface area contributed by atoms with Crippen LogP contribution in [0.4, 0.5) is 8.78 Å². The van der Waals surface area contributed by atoms with Gasteiger partial charge in [-0.2, -0.15) is 0 Å². The average Bonchev–Trinajstić information content (AvgIpc) is 3.27. The van der Waals surface area contributed by atoms with Crippen LogP contribution in [0.15, 0.2) is 17.0 Å². The Morgan fingerprint density at radius 2 is 2.08 bits per heavy atom. The van der Waals surface area contributed by atoms with Gasteiger partial charge in [0.1, 0.15) is 6.61 Å². The molecule has 2 N–H and O–H groups in total. The van der Waals surface area contributed by atoms with Crippen LogP contribution in [0.1, 0.15) is 45.0 Å². The summed E-state index contributed by atoms with van der Waals surface area (Å²) in [5.74, 6) is -0.00707. The maximum atomic E-state index is 13.2. The maximum Gasteiger partial charge on any atom is 0.291 e. The molecule has 1 saturated carbocycles. The van der Waals surface area contributed by atoms with Gasteiger partial charge in [0, 0.05) is 31.1 Å². The molecule has 16 heteroatoms. The molecule has 2 aliphatic rings. The number of carbonyl (C=O) groups is 1. The zero-order valence-corrected chi connectivity index (χ0v) is 23.8. The summed E-state index contributed by atoms with van der Waals surface area (Å²) < 4.78 is 62.6. The summed E-state index contributed by atoms with van der Waals surface area (Å²) >= 11 is 7.21. The van der Waals surface area contributed by atoms with E-state index in [0.717, 1.165) is 0 Å². The number of aromatic nitrogens is 4. The van der Waals surface area contributed by atoms with Crippen LogP contribution < -0.4 is 14.8 Å². The number of fused-ring (bicyclic) bond motifs is 1. The fraction of sp³-hybridized carbons (Fsp3) is 0.565. The summed E-state index contributed by atoms with van der Waals surface area (Å²) in [6.45, 7) is 7.24. The zero-order chi connectivity index (χ0) is 28.1. The molecule has 0 spiro atoms. The van der Waals surface area contributed by atoms with Crippen LogP contribution >= 0.6 is 22.9 Å². The van der Waals surface area contributed by atoms with Crippen LogP contribution in [-0.4, -0.2) is 77.0 Å². The minimum absolute atomic E-state index is 0.00220. The standard InChI is InChI=1S/C23H28ClF2N7O4S2/c1-12(2)21(34)32-7-6-27-13(10-32)11-37-19-17-15(24)8-14(39(35,36)31-23(3)4-5-23)9-16(17)33(30-19)22-29-28-20(38-22)18(25)26/h8-9,12-13,18,27,31H,4-7,10-11H2,1-3H3. The predicted octanol–water partition coefficient (Wildman–Crippen LogP) is 3.13. The third-order valence-corrected chi connectivity index (χ3v) is 9.47. The van der Waals surface area contributed by atoms with Gasteiger partial charge in [0.15, 0.2) is 5.01 Å². The van der Waals surface area contributed by atoms with Crippen LogP contribution in [0.25, 0.3) is 16.0 Å². The van der Waals surface area contributed by atoms with Gasteiger partial charge in [-0.05, 0) is 31.9 Å². The third kappa shape index (κ3) is 5.87. The molecule has 1 aromatic carbocycles. The average molecular weight is 604 g/mol. The van der Waals surface area contributed by atoms with E-state index >= 15 is 0 Å². The van der Waals surface area contributed by atoms with E-state index < -0.39 is 27.0 Å². The van der Waals surface area contributed by atoms with Gasteiger partial charge in [-0.1, -0.05) is 36.8 Å². The van der Waals surface area contributed by atoms with Gasteiger partial charge in [-0.25, -0.2) is 26.6 Å². The van der Waals surface area contributed by atoms with Crippen LogP contribution in [0, 0.1) is 5.92 Å². The van der Waals surface area contributed by atoms with Crippen molar-refractivity contribution in [1.29, 1.82) is 0 Å². The van der Waals surface area contributed by atoms with Crippen molar-refractivity contribution in [3.63, 3.8) is 0 Å². The van der Waals surface area contributed by atoms with E-state index in [1.165, 1.54) is 16.8 Å². The molecule has 212 valence electrons. The fourth-order valence-electron chi connectivity index (χ4n) is 4.30. The minimum Gasteiger partial charge on any atom is -0.474 e. The molecule has 1 aliphatic heterocycles. The van der Waals surface area contributed by atoms with E-state index in [-0.39, 0.29) is 50.9 Å². The van der Waals surface area contributed by atoms with E-state index in [1.54, 1.807) is 4.90 Å². The predicted molar refractivity (Wildman–Crippen MR) is 141 cm³/mol. The first-order valence-corrected chi connectivity index (χ1v) is 15.1. The highest BCUT2D eigenvalue weighted by Crippen LogP contribution is 2.39. The Kier molecular flexibility index (Phi) is 7.56. The summed E-state index contributed by atoms with van der Waals surface area (Å²) in [5, 5.41) is 14.9. The Morgan fingerprint density at radius 3 is 2.72 bits per heavy atom. The molecular formula is C23H28ClF2N7O4S2. The van der Waals surface area contributed by atoms with Crippen molar-refractivity contribution in [3.8, 4) is 11.0 Å². The highest BCUT2D eigenvalue weighted by molar-refractivity contribution is 7.89. The van der Waals surface area contributed by atoms with Crippen molar-refractivity contribution in [2.45, 2.75) is 56.5 Å². The minimum atomic E-state index is -3.93. The Morgan fingerprint density at radius 1 is 1.33 bits per heavy atom. The molecule has 0 bridgehead atoms. The van der Waals surface area contributed by atoms with Crippen molar-refractivity contribution in [2.24, 2.45) is 5.92 Å². The molecule has 11 nitrogen and oxygen atoms in total. The quantitative estimate of drug-likeness (QED) is 0.381. The number of sulfonamides is 1. The van der Waals surface area contributed by atoms with E-state index in [2.05, 4.69) is 25.3 Å². The van der Waals surface area contributed by atoms with Crippen LogP contribution in [0.3, 0.4) is 0 Å². The summed E-state index contributed by atoms with van der Waals surface area (Å²) in [5.41, 5.74) is -0.304. The van der Waals surface area contributed by atoms with Gasteiger partial charge >= 0.3 is 0 Å². The molecule has 5 rings (SSSR count). The maximum absolute atomic E-state index is 13.2.